The number of carbonyl (C=O) groups excluding carboxylic acids is 1. The number of ether oxygens (including phenoxy) is 1. The molecule has 1 aromatic heterocycles. The van der Waals surface area contributed by atoms with Crippen LogP contribution in [0.25, 0.3) is 5.69 Å². The summed E-state index contributed by atoms with van der Waals surface area (Å²) in [7, 11) is 0. The number of aromatic nitrogens is 2. The van der Waals surface area contributed by atoms with Gasteiger partial charge in [0, 0.05) is 12.1 Å². The summed E-state index contributed by atoms with van der Waals surface area (Å²) in [6, 6.07) is 14.0. The summed E-state index contributed by atoms with van der Waals surface area (Å²) in [5, 5.41) is 26.5. The Morgan fingerprint density at radius 1 is 1.29 bits per heavy atom. The zero-order valence-corrected chi connectivity index (χ0v) is 17.9. The van der Waals surface area contributed by atoms with E-state index in [1.807, 2.05) is 19.9 Å². The Morgan fingerprint density at radius 2 is 2.00 bits per heavy atom. The van der Waals surface area contributed by atoms with Crippen LogP contribution >= 0.6 is 11.6 Å². The molecule has 4 rings (SSSR count). The van der Waals surface area contributed by atoms with Gasteiger partial charge in [-0.1, -0.05) is 11.6 Å². The summed E-state index contributed by atoms with van der Waals surface area (Å²) in [5.74, 6) is 0.944. The minimum Gasteiger partial charge on any atom is -0.453 e. The fourth-order valence-corrected chi connectivity index (χ4v) is 3.43. The maximum atomic E-state index is 12.2. The topological polar surface area (TPSA) is 100 Å². The van der Waals surface area contributed by atoms with Gasteiger partial charge in [-0.15, -0.1) is 0 Å². The van der Waals surface area contributed by atoms with Crippen molar-refractivity contribution in [2.45, 2.75) is 32.3 Å². The van der Waals surface area contributed by atoms with E-state index in [0.717, 1.165) is 24.2 Å². The van der Waals surface area contributed by atoms with Crippen LogP contribution in [0.15, 0.2) is 42.5 Å². The van der Waals surface area contributed by atoms with Crippen LogP contribution in [0, 0.1) is 25.2 Å². The third kappa shape index (κ3) is 4.41. The Morgan fingerprint density at radius 3 is 2.61 bits per heavy atom. The van der Waals surface area contributed by atoms with Crippen molar-refractivity contribution in [1.82, 2.24) is 15.1 Å². The fraction of sp³-hybridized carbons (Fsp3) is 0.261. The highest BCUT2D eigenvalue weighted by atomic mass is 35.5. The van der Waals surface area contributed by atoms with Crippen molar-refractivity contribution in [3.63, 3.8) is 0 Å². The van der Waals surface area contributed by atoms with Crippen molar-refractivity contribution < 1.29 is 14.6 Å². The second kappa shape index (κ2) is 8.06. The molecule has 0 aliphatic heterocycles. The van der Waals surface area contributed by atoms with E-state index < -0.39 is 5.60 Å². The lowest BCUT2D eigenvalue weighted by Gasteiger charge is -2.10. The molecule has 0 unspecified atom stereocenters. The molecule has 0 atom stereocenters. The molecule has 7 nitrogen and oxygen atoms in total. The maximum absolute atomic E-state index is 12.2. The highest BCUT2D eigenvalue weighted by Gasteiger charge is 2.40. The van der Waals surface area contributed by atoms with E-state index in [1.165, 1.54) is 0 Å². The van der Waals surface area contributed by atoms with E-state index >= 15 is 0 Å². The molecular weight excluding hydrogens is 416 g/mol. The number of nitrogens with zero attached hydrogens (tertiary/aromatic N) is 3. The maximum Gasteiger partial charge on any atom is 0.251 e. The first kappa shape index (κ1) is 20.9. The van der Waals surface area contributed by atoms with Gasteiger partial charge in [-0.25, -0.2) is 4.68 Å². The molecule has 1 saturated carbocycles. The third-order valence-electron chi connectivity index (χ3n) is 5.28. The lowest BCUT2D eigenvalue weighted by molar-refractivity contribution is 0.0896. The number of hydrogen-bond donors (Lipinski definition) is 2. The van der Waals surface area contributed by atoms with Crippen molar-refractivity contribution in [2.24, 2.45) is 0 Å². The average molecular weight is 437 g/mol. The third-order valence-corrected chi connectivity index (χ3v) is 5.60. The van der Waals surface area contributed by atoms with Crippen molar-refractivity contribution >= 4 is 17.5 Å². The predicted octanol–water partition coefficient (Wildman–Crippen LogP) is 4.06. The van der Waals surface area contributed by atoms with E-state index in [-0.39, 0.29) is 12.5 Å². The second-order valence-corrected chi connectivity index (χ2v) is 8.13. The van der Waals surface area contributed by atoms with Crippen LogP contribution in [0.2, 0.25) is 5.02 Å². The highest BCUT2D eigenvalue weighted by molar-refractivity contribution is 6.31. The van der Waals surface area contributed by atoms with Crippen molar-refractivity contribution in [1.29, 1.82) is 5.26 Å². The number of nitrogens with one attached hydrogen (secondary N) is 1. The van der Waals surface area contributed by atoms with Gasteiger partial charge in [0.1, 0.15) is 17.5 Å². The molecule has 2 N–H and O–H groups in total. The van der Waals surface area contributed by atoms with Crippen molar-refractivity contribution in [3.05, 3.63) is 70.0 Å². The molecule has 3 aromatic rings. The van der Waals surface area contributed by atoms with Gasteiger partial charge in [0.05, 0.1) is 27.6 Å². The minimum absolute atomic E-state index is 0.232. The first-order valence-electron chi connectivity index (χ1n) is 9.84. The first-order valence-corrected chi connectivity index (χ1v) is 10.2. The molecule has 2 aromatic carbocycles. The number of aryl methyl sites for hydroxylation is 1. The van der Waals surface area contributed by atoms with Crippen LogP contribution in [-0.2, 0) is 0 Å². The molecule has 0 saturated heterocycles. The molecule has 1 aliphatic carbocycles. The van der Waals surface area contributed by atoms with Crippen LogP contribution < -0.4 is 10.1 Å². The van der Waals surface area contributed by atoms with Crippen LogP contribution in [0.4, 0.5) is 0 Å². The summed E-state index contributed by atoms with van der Waals surface area (Å²) in [5.41, 5.74) is 2.36. The Balaban J connectivity index is 1.50. The van der Waals surface area contributed by atoms with Crippen LogP contribution in [0.5, 0.6) is 11.5 Å². The summed E-state index contributed by atoms with van der Waals surface area (Å²) in [4.78, 5) is 12.2. The monoisotopic (exact) mass is 436 g/mol. The molecule has 0 radical (unpaired) electrons. The molecule has 1 aliphatic rings. The number of rotatable bonds is 6. The number of benzene rings is 2. The molecule has 1 fully saturated rings. The highest BCUT2D eigenvalue weighted by Crippen LogP contribution is 2.34. The molecular formula is C23H21ClN4O3. The lowest BCUT2D eigenvalue weighted by Crippen LogP contribution is -2.33. The van der Waals surface area contributed by atoms with E-state index in [0.29, 0.717) is 33.3 Å². The first-order chi connectivity index (χ1) is 14.8. The van der Waals surface area contributed by atoms with Gasteiger partial charge < -0.3 is 15.2 Å². The Kier molecular flexibility index (Phi) is 5.44. The number of carbonyl (C=O) groups is 1. The van der Waals surface area contributed by atoms with Gasteiger partial charge in [-0.2, -0.15) is 10.4 Å². The zero-order valence-electron chi connectivity index (χ0n) is 17.1. The van der Waals surface area contributed by atoms with Gasteiger partial charge in [0.25, 0.3) is 5.91 Å². The van der Waals surface area contributed by atoms with E-state index in [1.54, 1.807) is 47.1 Å². The van der Waals surface area contributed by atoms with Crippen molar-refractivity contribution in [2.75, 3.05) is 6.54 Å². The predicted molar refractivity (Wildman–Crippen MR) is 116 cm³/mol. The molecule has 31 heavy (non-hydrogen) atoms. The van der Waals surface area contributed by atoms with Gasteiger partial charge in [-0.05, 0) is 69.2 Å². The van der Waals surface area contributed by atoms with E-state index in [2.05, 4.69) is 10.4 Å². The second-order valence-electron chi connectivity index (χ2n) is 7.72. The Hall–Kier alpha value is -3.34. The molecule has 0 bridgehead atoms. The Labute approximate surface area is 184 Å². The molecule has 0 spiro atoms. The molecule has 8 heteroatoms. The number of aliphatic hydroxyl groups is 1. The summed E-state index contributed by atoms with van der Waals surface area (Å²) in [6.07, 6.45) is 1.45. The SMILES string of the molecule is Cc1nn(-c2ccc(C#N)c(Cl)c2)c(C)c1Oc1ccc(C(=O)NCC2(O)CC2)cc1. The number of hydrogen-bond acceptors (Lipinski definition) is 5. The lowest BCUT2D eigenvalue weighted by atomic mass is 10.2. The molecule has 1 amide bonds. The van der Waals surface area contributed by atoms with Gasteiger partial charge >= 0.3 is 0 Å². The van der Waals surface area contributed by atoms with Crippen LogP contribution in [0.1, 0.15) is 40.2 Å². The fourth-order valence-electron chi connectivity index (χ4n) is 3.21. The van der Waals surface area contributed by atoms with Gasteiger partial charge in [0.2, 0.25) is 0 Å². The number of nitriles is 1. The average Bonchev–Trinajstić information content (AvgIpc) is 3.44. The Bertz CT molecular complexity index is 1190. The van der Waals surface area contributed by atoms with E-state index in [4.69, 9.17) is 21.6 Å². The minimum atomic E-state index is -0.729. The number of amides is 1. The van der Waals surface area contributed by atoms with Crippen LogP contribution in [0.3, 0.4) is 0 Å². The van der Waals surface area contributed by atoms with Crippen LogP contribution in [-0.4, -0.2) is 32.9 Å². The van der Waals surface area contributed by atoms with Gasteiger partial charge in [-0.3, -0.25) is 4.79 Å². The van der Waals surface area contributed by atoms with E-state index in [9.17, 15) is 9.90 Å². The molecule has 158 valence electrons. The number of halogens is 1. The smallest absolute Gasteiger partial charge is 0.251 e. The van der Waals surface area contributed by atoms with Gasteiger partial charge in [0.15, 0.2) is 5.75 Å². The van der Waals surface area contributed by atoms with Crippen molar-refractivity contribution in [3.8, 4) is 23.3 Å². The quantitative estimate of drug-likeness (QED) is 0.606. The summed E-state index contributed by atoms with van der Waals surface area (Å²) < 4.78 is 7.75. The zero-order chi connectivity index (χ0) is 22.2. The summed E-state index contributed by atoms with van der Waals surface area (Å²) in [6.45, 7) is 3.99. The molecule has 1 heterocycles. The normalized spacial score (nSPS) is 14.0. The summed E-state index contributed by atoms with van der Waals surface area (Å²) >= 11 is 6.16. The standard InChI is InChI=1S/C23H21ClN4O3/c1-14-21(15(2)28(27-14)18-6-3-17(12-25)20(24)11-18)31-19-7-4-16(5-8-19)22(29)26-13-23(30)9-10-23/h3-8,11,30H,9-10,13H2,1-2H3,(H,26,29). The largest absolute Gasteiger partial charge is 0.453 e.